The molecule has 2 heterocycles. The number of hydrogen-bond acceptors (Lipinski definition) is 3. The van der Waals surface area contributed by atoms with Gasteiger partial charge in [0.05, 0.1) is 12.6 Å². The molecule has 0 saturated heterocycles. The number of nitrogens with one attached hydrogen (secondary N) is 3. The number of H-pyrrole nitrogens is 2. The molecule has 0 aliphatic carbocycles. The second-order valence-electron chi connectivity index (χ2n) is 7.09. The fourth-order valence-electron chi connectivity index (χ4n) is 3.40. The van der Waals surface area contributed by atoms with E-state index in [4.69, 9.17) is 4.74 Å². The van der Waals surface area contributed by atoms with Gasteiger partial charge >= 0.3 is 0 Å². The molecule has 142 valence electrons. The Bertz CT molecular complexity index is 1250. The first-order chi connectivity index (χ1) is 13.4. The zero-order valence-electron chi connectivity index (χ0n) is 15.9. The minimum absolute atomic E-state index is 0.149. The van der Waals surface area contributed by atoms with E-state index in [0.29, 0.717) is 16.9 Å². The summed E-state index contributed by atoms with van der Waals surface area (Å²) in [4.78, 5) is 30.6. The predicted octanol–water partition coefficient (Wildman–Crippen LogP) is 4.39. The number of aromatic amines is 2. The van der Waals surface area contributed by atoms with Gasteiger partial charge in [-0.1, -0.05) is 19.9 Å². The molecule has 1 amide bonds. The van der Waals surface area contributed by atoms with Crippen molar-refractivity contribution in [2.75, 3.05) is 12.4 Å². The number of carbonyl (C=O) groups excluding carboxylic acids is 1. The summed E-state index contributed by atoms with van der Waals surface area (Å²) in [5.41, 5.74) is 3.44. The van der Waals surface area contributed by atoms with E-state index in [1.165, 1.54) is 0 Å². The molecule has 4 rings (SSSR count). The third kappa shape index (κ3) is 3.24. The summed E-state index contributed by atoms with van der Waals surface area (Å²) in [6.45, 7) is 4.10. The van der Waals surface area contributed by atoms with Crippen molar-refractivity contribution < 1.29 is 9.53 Å². The zero-order chi connectivity index (χ0) is 19.8. The van der Waals surface area contributed by atoms with E-state index in [9.17, 15) is 9.59 Å². The van der Waals surface area contributed by atoms with E-state index in [-0.39, 0.29) is 17.4 Å². The van der Waals surface area contributed by atoms with Gasteiger partial charge in [-0.3, -0.25) is 9.59 Å². The molecule has 6 heteroatoms. The number of benzene rings is 2. The van der Waals surface area contributed by atoms with E-state index in [1.54, 1.807) is 25.3 Å². The van der Waals surface area contributed by atoms with Gasteiger partial charge in [0.15, 0.2) is 0 Å². The van der Waals surface area contributed by atoms with Crippen molar-refractivity contribution in [3.8, 4) is 5.75 Å². The van der Waals surface area contributed by atoms with Crippen LogP contribution in [0.3, 0.4) is 0 Å². The second-order valence-corrected chi connectivity index (χ2v) is 7.09. The lowest BCUT2D eigenvalue weighted by atomic mass is 9.99. The average molecular weight is 375 g/mol. The van der Waals surface area contributed by atoms with Crippen LogP contribution in [0.2, 0.25) is 0 Å². The van der Waals surface area contributed by atoms with Gasteiger partial charge in [0.2, 0.25) is 5.56 Å². The van der Waals surface area contributed by atoms with E-state index >= 15 is 0 Å². The predicted molar refractivity (Wildman–Crippen MR) is 111 cm³/mol. The van der Waals surface area contributed by atoms with Crippen molar-refractivity contribution in [1.82, 2.24) is 9.97 Å². The van der Waals surface area contributed by atoms with E-state index in [1.807, 2.05) is 30.3 Å². The molecule has 0 aliphatic rings. The van der Waals surface area contributed by atoms with Crippen molar-refractivity contribution >= 4 is 33.4 Å². The summed E-state index contributed by atoms with van der Waals surface area (Å²) in [5.74, 6) is 0.700. The second kappa shape index (κ2) is 6.88. The molecule has 4 aromatic rings. The van der Waals surface area contributed by atoms with Crippen LogP contribution < -0.4 is 15.6 Å². The van der Waals surface area contributed by atoms with Crippen LogP contribution in [0.15, 0.2) is 53.3 Å². The molecule has 6 nitrogen and oxygen atoms in total. The third-order valence-electron chi connectivity index (χ3n) is 4.83. The molecule has 0 spiro atoms. The van der Waals surface area contributed by atoms with Gasteiger partial charge in [-0.2, -0.15) is 0 Å². The summed E-state index contributed by atoms with van der Waals surface area (Å²) in [6, 6.07) is 14.6. The molecular formula is C22H21N3O3. The van der Waals surface area contributed by atoms with Crippen LogP contribution in [0.4, 0.5) is 5.69 Å². The fraction of sp³-hybridized carbons (Fsp3) is 0.182. The Morgan fingerprint density at radius 3 is 2.57 bits per heavy atom. The van der Waals surface area contributed by atoms with E-state index in [0.717, 1.165) is 27.6 Å². The lowest BCUT2D eigenvalue weighted by molar-refractivity contribution is 0.102. The van der Waals surface area contributed by atoms with Crippen LogP contribution in [-0.2, 0) is 0 Å². The number of ether oxygens (including phenoxy) is 1. The van der Waals surface area contributed by atoms with Gasteiger partial charge in [-0.15, -0.1) is 0 Å². The molecule has 28 heavy (non-hydrogen) atoms. The van der Waals surface area contributed by atoms with Gasteiger partial charge < -0.3 is 20.0 Å². The molecule has 2 aromatic carbocycles. The Kier molecular flexibility index (Phi) is 4.39. The monoisotopic (exact) mass is 375 g/mol. The highest BCUT2D eigenvalue weighted by molar-refractivity contribution is 6.06. The maximum absolute atomic E-state index is 12.7. The summed E-state index contributed by atoms with van der Waals surface area (Å²) in [7, 11) is 1.60. The maximum Gasteiger partial charge on any atom is 0.272 e. The summed E-state index contributed by atoms with van der Waals surface area (Å²) in [6.07, 6.45) is 0. The highest BCUT2D eigenvalue weighted by Gasteiger charge is 2.12. The zero-order valence-corrected chi connectivity index (χ0v) is 15.9. The number of anilines is 1. The summed E-state index contributed by atoms with van der Waals surface area (Å²) >= 11 is 0. The first kappa shape index (κ1) is 17.9. The van der Waals surface area contributed by atoms with Crippen molar-refractivity contribution in [2.24, 2.45) is 0 Å². The van der Waals surface area contributed by atoms with E-state index < -0.39 is 0 Å². The van der Waals surface area contributed by atoms with Crippen LogP contribution in [0.25, 0.3) is 21.8 Å². The molecule has 0 aliphatic heterocycles. The highest BCUT2D eigenvalue weighted by Crippen LogP contribution is 2.26. The Hall–Kier alpha value is -3.54. The number of amides is 1. The molecule has 0 radical (unpaired) electrons. The maximum atomic E-state index is 12.7. The highest BCUT2D eigenvalue weighted by atomic mass is 16.5. The number of aromatic nitrogens is 2. The Balaban J connectivity index is 1.66. The molecule has 0 bridgehead atoms. The first-order valence-electron chi connectivity index (χ1n) is 9.09. The molecule has 0 saturated carbocycles. The number of fused-ring (bicyclic) bond motifs is 2. The van der Waals surface area contributed by atoms with Crippen molar-refractivity contribution in [3.63, 3.8) is 0 Å². The molecule has 0 unspecified atom stereocenters. The third-order valence-corrected chi connectivity index (χ3v) is 4.83. The van der Waals surface area contributed by atoms with Gasteiger partial charge in [-0.05, 0) is 41.8 Å². The Morgan fingerprint density at radius 1 is 1.00 bits per heavy atom. The van der Waals surface area contributed by atoms with Crippen molar-refractivity contribution in [3.05, 3.63) is 70.1 Å². The van der Waals surface area contributed by atoms with Gasteiger partial charge in [-0.25, -0.2) is 0 Å². The topological polar surface area (TPSA) is 87.0 Å². The molecule has 3 N–H and O–H groups in total. The number of pyridine rings is 1. The normalized spacial score (nSPS) is 11.3. The number of methoxy groups -OCH3 is 1. The Labute approximate surface area is 161 Å². The quantitative estimate of drug-likeness (QED) is 0.494. The van der Waals surface area contributed by atoms with E-state index in [2.05, 4.69) is 29.1 Å². The van der Waals surface area contributed by atoms with Gasteiger partial charge in [0.1, 0.15) is 11.4 Å². The van der Waals surface area contributed by atoms with Crippen LogP contribution in [0.5, 0.6) is 5.75 Å². The average Bonchev–Trinajstić information content (AvgIpc) is 3.10. The summed E-state index contributed by atoms with van der Waals surface area (Å²) < 4.78 is 5.22. The van der Waals surface area contributed by atoms with Gasteiger partial charge in [0, 0.05) is 34.1 Å². The van der Waals surface area contributed by atoms with Crippen molar-refractivity contribution in [2.45, 2.75) is 19.8 Å². The molecule has 2 aromatic heterocycles. The smallest absolute Gasteiger partial charge is 0.272 e. The largest absolute Gasteiger partial charge is 0.497 e. The van der Waals surface area contributed by atoms with Crippen LogP contribution in [-0.4, -0.2) is 23.0 Å². The fourth-order valence-corrected chi connectivity index (χ4v) is 3.40. The summed E-state index contributed by atoms with van der Waals surface area (Å²) in [5, 5.41) is 4.79. The SMILES string of the molecule is COc1ccc2cc(C(=O)Nc3ccc4c(C(C)C)cc(=O)[nH]c4c3)[nH]c2c1. The Morgan fingerprint density at radius 2 is 1.82 bits per heavy atom. The van der Waals surface area contributed by atoms with Crippen LogP contribution in [0.1, 0.15) is 35.8 Å². The number of rotatable bonds is 4. The lowest BCUT2D eigenvalue weighted by Crippen LogP contribution is -2.13. The van der Waals surface area contributed by atoms with Crippen LogP contribution >= 0.6 is 0 Å². The van der Waals surface area contributed by atoms with Crippen LogP contribution in [0, 0.1) is 0 Å². The first-order valence-corrected chi connectivity index (χ1v) is 9.09. The number of hydrogen-bond donors (Lipinski definition) is 3. The molecule has 0 atom stereocenters. The minimum Gasteiger partial charge on any atom is -0.497 e. The molecular weight excluding hydrogens is 354 g/mol. The standard InChI is InChI=1S/C22H21N3O3/c1-12(2)17-11-21(26)25-19-9-14(5-7-16(17)19)23-22(27)20-8-13-4-6-15(28-3)10-18(13)24-20/h4-12,24H,1-3H3,(H,23,27)(H,25,26). The number of carbonyl (C=O) groups is 1. The lowest BCUT2D eigenvalue weighted by Gasteiger charge is -2.11. The minimum atomic E-state index is -0.253. The molecule has 0 fully saturated rings. The van der Waals surface area contributed by atoms with Gasteiger partial charge in [0.25, 0.3) is 5.91 Å². The van der Waals surface area contributed by atoms with Crippen molar-refractivity contribution in [1.29, 1.82) is 0 Å².